The summed E-state index contributed by atoms with van der Waals surface area (Å²) in [7, 11) is 0. The summed E-state index contributed by atoms with van der Waals surface area (Å²) in [6, 6.07) is 0.760. The van der Waals surface area contributed by atoms with Gasteiger partial charge in [-0.15, -0.1) is 0 Å². The summed E-state index contributed by atoms with van der Waals surface area (Å²) in [6.45, 7) is 10.3. The molecule has 0 amide bonds. The second kappa shape index (κ2) is 6.76. The Morgan fingerprint density at radius 1 is 1.15 bits per heavy atom. The Morgan fingerprint density at radius 3 is 2.30 bits per heavy atom. The van der Waals surface area contributed by atoms with Gasteiger partial charge in [-0.25, -0.2) is 0 Å². The van der Waals surface area contributed by atoms with Crippen LogP contribution in [-0.4, -0.2) is 47.8 Å². The Kier molecular flexibility index (Phi) is 5.49. The molecular weight excluding hydrogens is 248 g/mol. The molecule has 0 spiro atoms. The molecule has 118 valence electrons. The lowest BCUT2D eigenvalue weighted by atomic mass is 9.73. The highest BCUT2D eigenvalue weighted by molar-refractivity contribution is 4.94. The molecule has 2 aliphatic rings. The van der Waals surface area contributed by atoms with Gasteiger partial charge >= 0.3 is 0 Å². The van der Waals surface area contributed by atoms with Crippen LogP contribution in [0.3, 0.4) is 0 Å². The van der Waals surface area contributed by atoms with E-state index in [9.17, 15) is 5.11 Å². The van der Waals surface area contributed by atoms with Crippen molar-refractivity contribution in [3.63, 3.8) is 0 Å². The van der Waals surface area contributed by atoms with E-state index in [0.29, 0.717) is 12.0 Å². The zero-order valence-electron chi connectivity index (χ0n) is 13.7. The highest BCUT2D eigenvalue weighted by atomic mass is 16.3. The van der Waals surface area contributed by atoms with Crippen molar-refractivity contribution < 1.29 is 5.11 Å². The number of nitrogens with one attached hydrogen (secondary N) is 1. The zero-order valence-corrected chi connectivity index (χ0v) is 13.7. The van der Waals surface area contributed by atoms with E-state index in [1.54, 1.807) is 0 Å². The van der Waals surface area contributed by atoms with Crippen LogP contribution in [0.25, 0.3) is 0 Å². The Hall–Kier alpha value is -0.120. The monoisotopic (exact) mass is 282 g/mol. The minimum absolute atomic E-state index is 0.200. The Bertz CT molecular complexity index is 288. The Labute approximate surface area is 125 Å². The lowest BCUT2D eigenvalue weighted by Gasteiger charge is -2.43. The normalized spacial score (nSPS) is 23.2. The minimum Gasteiger partial charge on any atom is -0.395 e. The molecule has 0 aromatic rings. The smallest absolute Gasteiger partial charge is 0.0558 e. The van der Waals surface area contributed by atoms with Gasteiger partial charge in [0.25, 0.3) is 0 Å². The molecule has 3 nitrogen and oxygen atoms in total. The SMILES string of the molecule is CC(C)(C)NCC1(CN(CCO)C2CC2)CCCCC1. The van der Waals surface area contributed by atoms with Gasteiger partial charge in [0.15, 0.2) is 0 Å². The number of nitrogens with zero attached hydrogens (tertiary/aromatic N) is 1. The van der Waals surface area contributed by atoms with E-state index in [2.05, 4.69) is 31.0 Å². The second-order valence-corrected chi connectivity index (χ2v) is 8.09. The van der Waals surface area contributed by atoms with Crippen LogP contribution in [-0.2, 0) is 0 Å². The van der Waals surface area contributed by atoms with Gasteiger partial charge in [0.1, 0.15) is 0 Å². The van der Waals surface area contributed by atoms with Crippen LogP contribution >= 0.6 is 0 Å². The highest BCUT2D eigenvalue weighted by Gasteiger charge is 2.38. The molecule has 3 heteroatoms. The van der Waals surface area contributed by atoms with Gasteiger partial charge in [0.05, 0.1) is 6.61 Å². The van der Waals surface area contributed by atoms with E-state index in [1.165, 1.54) is 51.5 Å². The molecule has 2 fully saturated rings. The first-order valence-electron chi connectivity index (χ1n) is 8.54. The van der Waals surface area contributed by atoms with Crippen molar-refractivity contribution in [1.29, 1.82) is 0 Å². The molecule has 0 unspecified atom stereocenters. The van der Waals surface area contributed by atoms with Crippen molar-refractivity contribution in [3.8, 4) is 0 Å². The fraction of sp³-hybridized carbons (Fsp3) is 1.00. The highest BCUT2D eigenvalue weighted by Crippen LogP contribution is 2.39. The fourth-order valence-corrected chi connectivity index (χ4v) is 3.53. The maximum Gasteiger partial charge on any atom is 0.0558 e. The largest absolute Gasteiger partial charge is 0.395 e. The summed E-state index contributed by atoms with van der Waals surface area (Å²) in [5.74, 6) is 0. The van der Waals surface area contributed by atoms with Crippen molar-refractivity contribution >= 4 is 0 Å². The van der Waals surface area contributed by atoms with Crippen molar-refractivity contribution in [2.24, 2.45) is 5.41 Å². The van der Waals surface area contributed by atoms with Crippen LogP contribution < -0.4 is 5.32 Å². The molecule has 2 rings (SSSR count). The van der Waals surface area contributed by atoms with Gasteiger partial charge in [0.2, 0.25) is 0 Å². The van der Waals surface area contributed by atoms with Crippen LogP contribution in [0, 0.1) is 5.41 Å². The van der Waals surface area contributed by atoms with E-state index in [1.807, 2.05) is 0 Å². The number of hydrogen-bond acceptors (Lipinski definition) is 3. The van der Waals surface area contributed by atoms with Gasteiger partial charge in [-0.05, 0) is 51.9 Å². The molecule has 0 aromatic carbocycles. The molecule has 2 saturated carbocycles. The minimum atomic E-state index is 0.200. The zero-order chi connectivity index (χ0) is 14.6. The summed E-state index contributed by atoms with van der Waals surface area (Å²) in [4.78, 5) is 2.57. The molecule has 0 saturated heterocycles. The Balaban J connectivity index is 1.97. The average Bonchev–Trinajstić information content (AvgIpc) is 3.21. The third-order valence-corrected chi connectivity index (χ3v) is 4.90. The van der Waals surface area contributed by atoms with Gasteiger partial charge in [-0.1, -0.05) is 19.3 Å². The van der Waals surface area contributed by atoms with Crippen LogP contribution in [0.4, 0.5) is 0 Å². The van der Waals surface area contributed by atoms with Crippen molar-refractivity contribution in [3.05, 3.63) is 0 Å². The molecule has 0 aromatic heterocycles. The van der Waals surface area contributed by atoms with E-state index in [4.69, 9.17) is 0 Å². The number of rotatable bonds is 7. The summed E-state index contributed by atoms with van der Waals surface area (Å²) in [5.41, 5.74) is 0.634. The first kappa shape index (κ1) is 16.3. The molecule has 2 aliphatic carbocycles. The quantitative estimate of drug-likeness (QED) is 0.754. The summed E-state index contributed by atoms with van der Waals surface area (Å²) in [6.07, 6.45) is 9.54. The topological polar surface area (TPSA) is 35.5 Å². The predicted molar refractivity (Wildman–Crippen MR) is 85.0 cm³/mol. The van der Waals surface area contributed by atoms with Gasteiger partial charge in [-0.3, -0.25) is 4.90 Å². The van der Waals surface area contributed by atoms with Crippen LogP contribution in [0.2, 0.25) is 0 Å². The van der Waals surface area contributed by atoms with Gasteiger partial charge < -0.3 is 10.4 Å². The first-order valence-corrected chi connectivity index (χ1v) is 8.54. The van der Waals surface area contributed by atoms with Crippen LogP contribution in [0.5, 0.6) is 0 Å². The lowest BCUT2D eigenvalue weighted by Crippen LogP contribution is -2.50. The number of aliphatic hydroxyl groups excluding tert-OH is 1. The summed E-state index contributed by atoms with van der Waals surface area (Å²) < 4.78 is 0. The summed E-state index contributed by atoms with van der Waals surface area (Å²) in [5, 5.41) is 13.1. The summed E-state index contributed by atoms with van der Waals surface area (Å²) >= 11 is 0. The Morgan fingerprint density at radius 2 is 1.80 bits per heavy atom. The fourth-order valence-electron chi connectivity index (χ4n) is 3.53. The van der Waals surface area contributed by atoms with Crippen molar-refractivity contribution in [2.75, 3.05) is 26.2 Å². The number of hydrogen-bond donors (Lipinski definition) is 2. The molecule has 0 heterocycles. The van der Waals surface area contributed by atoms with Crippen molar-refractivity contribution in [2.45, 2.75) is 77.3 Å². The van der Waals surface area contributed by atoms with Crippen LogP contribution in [0.1, 0.15) is 65.7 Å². The standard InChI is InChI=1S/C17H34N2O/c1-16(2,3)18-13-17(9-5-4-6-10-17)14-19(11-12-20)15-7-8-15/h15,18,20H,4-14H2,1-3H3. The number of aliphatic hydroxyl groups is 1. The second-order valence-electron chi connectivity index (χ2n) is 8.09. The maximum atomic E-state index is 9.33. The molecule has 0 radical (unpaired) electrons. The first-order chi connectivity index (χ1) is 9.44. The lowest BCUT2D eigenvalue weighted by molar-refractivity contribution is 0.0783. The van der Waals surface area contributed by atoms with Gasteiger partial charge in [-0.2, -0.15) is 0 Å². The van der Waals surface area contributed by atoms with Crippen molar-refractivity contribution in [1.82, 2.24) is 10.2 Å². The maximum absolute atomic E-state index is 9.33. The molecule has 2 N–H and O–H groups in total. The molecule has 0 atom stereocenters. The van der Waals surface area contributed by atoms with E-state index < -0.39 is 0 Å². The van der Waals surface area contributed by atoms with Gasteiger partial charge in [0, 0.05) is 31.2 Å². The third kappa shape index (κ3) is 5.01. The van der Waals surface area contributed by atoms with E-state index in [-0.39, 0.29) is 5.54 Å². The molecular formula is C17H34N2O. The van der Waals surface area contributed by atoms with E-state index >= 15 is 0 Å². The van der Waals surface area contributed by atoms with E-state index in [0.717, 1.165) is 19.1 Å². The average molecular weight is 282 g/mol. The van der Waals surface area contributed by atoms with Crippen LogP contribution in [0.15, 0.2) is 0 Å². The third-order valence-electron chi connectivity index (χ3n) is 4.90. The molecule has 20 heavy (non-hydrogen) atoms. The molecule has 0 aliphatic heterocycles. The predicted octanol–water partition coefficient (Wildman–Crippen LogP) is 2.78. The molecule has 0 bridgehead atoms.